The van der Waals surface area contributed by atoms with Crippen molar-refractivity contribution in [3.8, 4) is 16.3 Å². The zero-order valence-corrected chi connectivity index (χ0v) is 18.5. The highest BCUT2D eigenvalue weighted by atomic mass is 32.2. The van der Waals surface area contributed by atoms with Crippen molar-refractivity contribution >= 4 is 29.1 Å². The minimum Gasteiger partial charge on any atom is -0.482 e. The van der Waals surface area contributed by atoms with Crippen molar-refractivity contribution in [1.82, 2.24) is 4.98 Å². The van der Waals surface area contributed by atoms with E-state index in [-0.39, 0.29) is 6.61 Å². The van der Waals surface area contributed by atoms with Crippen LogP contribution in [-0.2, 0) is 15.3 Å². The van der Waals surface area contributed by atoms with Gasteiger partial charge in [-0.2, -0.15) is 0 Å². The maximum Gasteiger partial charge on any atom is 0.344 e. The summed E-state index contributed by atoms with van der Waals surface area (Å²) in [4.78, 5) is 18.1. The number of nitrogens with zero attached hydrogens (tertiary/aromatic N) is 1. The van der Waals surface area contributed by atoms with Crippen LogP contribution in [0.5, 0.6) is 5.75 Å². The molecule has 1 heterocycles. The van der Waals surface area contributed by atoms with E-state index in [9.17, 15) is 13.6 Å². The molecule has 0 atom stereocenters. The first-order valence-corrected chi connectivity index (χ1v) is 11.1. The van der Waals surface area contributed by atoms with Gasteiger partial charge in [-0.1, -0.05) is 0 Å². The van der Waals surface area contributed by atoms with Crippen molar-refractivity contribution in [1.29, 1.82) is 0 Å². The van der Waals surface area contributed by atoms with Gasteiger partial charge < -0.3 is 9.47 Å². The molecule has 0 spiro atoms. The van der Waals surface area contributed by atoms with E-state index in [4.69, 9.17) is 9.47 Å². The summed E-state index contributed by atoms with van der Waals surface area (Å²) in [5.41, 5.74) is 2.36. The first-order valence-electron chi connectivity index (χ1n) is 9.31. The predicted molar refractivity (Wildman–Crippen MR) is 115 cm³/mol. The van der Waals surface area contributed by atoms with E-state index in [0.29, 0.717) is 28.7 Å². The Hall–Kier alpha value is -2.45. The number of thioether (sulfide) groups is 1. The van der Waals surface area contributed by atoms with E-state index in [1.54, 1.807) is 18.7 Å². The molecule has 0 N–H and O–H groups in total. The third-order valence-electron chi connectivity index (χ3n) is 4.23. The summed E-state index contributed by atoms with van der Waals surface area (Å²) in [6.07, 6.45) is 0. The molecule has 0 aliphatic heterocycles. The van der Waals surface area contributed by atoms with Crippen molar-refractivity contribution in [2.45, 2.75) is 31.4 Å². The van der Waals surface area contributed by atoms with Gasteiger partial charge in [0.15, 0.2) is 18.2 Å². The van der Waals surface area contributed by atoms with Crippen molar-refractivity contribution in [3.63, 3.8) is 0 Å². The summed E-state index contributed by atoms with van der Waals surface area (Å²) in [5.74, 6) is -0.796. The lowest BCUT2D eigenvalue weighted by molar-refractivity contribution is -0.145. The molecule has 3 rings (SSSR count). The number of aromatic nitrogens is 1. The molecule has 0 unspecified atom stereocenters. The highest BCUT2D eigenvalue weighted by Crippen LogP contribution is 2.34. The van der Waals surface area contributed by atoms with Gasteiger partial charge in [0.05, 0.1) is 12.3 Å². The standard InChI is InChI=1S/C22H21F2NO3S2/c1-4-27-21(26)11-28-19-8-6-16(9-13(19)2)29-12-20-14(3)25-22(30-20)15-5-7-17(23)18(24)10-15/h5-10H,4,11-12H2,1-3H3. The highest BCUT2D eigenvalue weighted by Gasteiger charge is 2.13. The molecule has 0 saturated carbocycles. The molecule has 0 aliphatic carbocycles. The van der Waals surface area contributed by atoms with Gasteiger partial charge in [0.25, 0.3) is 0 Å². The Morgan fingerprint density at radius 2 is 1.93 bits per heavy atom. The average molecular weight is 450 g/mol. The lowest BCUT2D eigenvalue weighted by atomic mass is 10.2. The van der Waals surface area contributed by atoms with Crippen molar-refractivity contribution in [2.24, 2.45) is 0 Å². The van der Waals surface area contributed by atoms with E-state index in [1.807, 2.05) is 32.0 Å². The van der Waals surface area contributed by atoms with E-state index >= 15 is 0 Å². The average Bonchev–Trinajstić information content (AvgIpc) is 3.08. The quantitative estimate of drug-likeness (QED) is 0.315. The Morgan fingerprint density at radius 1 is 1.13 bits per heavy atom. The molecule has 1 aromatic heterocycles. The third-order valence-corrected chi connectivity index (χ3v) is 6.64. The maximum absolute atomic E-state index is 13.5. The number of hydrogen-bond donors (Lipinski definition) is 0. The summed E-state index contributed by atoms with van der Waals surface area (Å²) in [7, 11) is 0. The van der Waals surface area contributed by atoms with Gasteiger partial charge >= 0.3 is 5.97 Å². The van der Waals surface area contributed by atoms with Crippen LogP contribution in [-0.4, -0.2) is 24.2 Å². The number of esters is 1. The number of thiazole rings is 1. The number of carbonyl (C=O) groups excluding carboxylic acids is 1. The molecule has 0 amide bonds. The predicted octanol–water partition coefficient (Wildman–Crippen LogP) is 5.94. The molecule has 158 valence electrons. The van der Waals surface area contributed by atoms with Crippen LogP contribution in [0, 0.1) is 25.5 Å². The normalized spacial score (nSPS) is 10.8. The smallest absolute Gasteiger partial charge is 0.344 e. The molecular weight excluding hydrogens is 428 g/mol. The number of halogens is 2. The lowest BCUT2D eigenvalue weighted by Crippen LogP contribution is -2.14. The Morgan fingerprint density at radius 3 is 2.63 bits per heavy atom. The van der Waals surface area contributed by atoms with Gasteiger partial charge in [0.2, 0.25) is 0 Å². The second-order valence-corrected chi connectivity index (χ2v) is 8.60. The number of hydrogen-bond acceptors (Lipinski definition) is 6. The maximum atomic E-state index is 13.5. The molecule has 0 saturated heterocycles. The van der Waals surface area contributed by atoms with Gasteiger partial charge in [-0.05, 0) is 62.7 Å². The number of rotatable bonds is 8. The molecule has 2 aromatic carbocycles. The second-order valence-electron chi connectivity index (χ2n) is 6.47. The van der Waals surface area contributed by atoms with Gasteiger partial charge in [0.1, 0.15) is 10.8 Å². The van der Waals surface area contributed by atoms with E-state index < -0.39 is 17.6 Å². The van der Waals surface area contributed by atoms with E-state index in [0.717, 1.165) is 27.1 Å². The molecule has 0 radical (unpaired) electrons. The minimum atomic E-state index is -0.878. The van der Waals surface area contributed by atoms with Crippen LogP contribution in [0.4, 0.5) is 8.78 Å². The van der Waals surface area contributed by atoms with Crippen LogP contribution in [0.15, 0.2) is 41.3 Å². The molecule has 4 nitrogen and oxygen atoms in total. The first-order chi connectivity index (χ1) is 14.4. The highest BCUT2D eigenvalue weighted by molar-refractivity contribution is 7.98. The Bertz CT molecular complexity index is 1050. The van der Waals surface area contributed by atoms with Gasteiger partial charge in [0, 0.05) is 21.1 Å². The Labute approximate surface area is 182 Å². The number of carbonyl (C=O) groups is 1. The SMILES string of the molecule is CCOC(=O)COc1ccc(SCc2sc(-c3ccc(F)c(F)c3)nc2C)cc1C. The third kappa shape index (κ3) is 5.58. The fourth-order valence-electron chi connectivity index (χ4n) is 2.68. The summed E-state index contributed by atoms with van der Waals surface area (Å²) in [6.45, 7) is 5.79. The van der Waals surface area contributed by atoms with Gasteiger partial charge in [-0.15, -0.1) is 23.1 Å². The molecular formula is C22H21F2NO3S2. The number of aryl methyl sites for hydroxylation is 2. The molecule has 0 bridgehead atoms. The second kappa shape index (κ2) is 10.0. The fraction of sp³-hybridized carbons (Fsp3) is 0.273. The Kier molecular flexibility index (Phi) is 7.44. The van der Waals surface area contributed by atoms with E-state index in [2.05, 4.69) is 4.98 Å². The topological polar surface area (TPSA) is 48.4 Å². The van der Waals surface area contributed by atoms with Crippen LogP contribution in [0.1, 0.15) is 23.1 Å². The summed E-state index contributed by atoms with van der Waals surface area (Å²) < 4.78 is 37.0. The van der Waals surface area contributed by atoms with Crippen LogP contribution in [0.2, 0.25) is 0 Å². The zero-order chi connectivity index (χ0) is 21.7. The molecule has 3 aromatic rings. The molecule has 30 heavy (non-hydrogen) atoms. The summed E-state index contributed by atoms with van der Waals surface area (Å²) in [6, 6.07) is 9.59. The first kappa shape index (κ1) is 22.2. The van der Waals surface area contributed by atoms with Gasteiger partial charge in [-0.25, -0.2) is 18.6 Å². The fourth-order valence-corrected chi connectivity index (χ4v) is 4.87. The van der Waals surface area contributed by atoms with Crippen molar-refractivity contribution in [2.75, 3.05) is 13.2 Å². The van der Waals surface area contributed by atoms with Gasteiger partial charge in [-0.3, -0.25) is 0 Å². The lowest BCUT2D eigenvalue weighted by Gasteiger charge is -2.10. The molecule has 0 aliphatic rings. The zero-order valence-electron chi connectivity index (χ0n) is 16.8. The van der Waals surface area contributed by atoms with Crippen LogP contribution < -0.4 is 4.74 Å². The number of benzene rings is 2. The minimum absolute atomic E-state index is 0.117. The Balaban J connectivity index is 1.64. The van der Waals surface area contributed by atoms with Crippen LogP contribution in [0.25, 0.3) is 10.6 Å². The van der Waals surface area contributed by atoms with Crippen LogP contribution in [0.3, 0.4) is 0 Å². The molecule has 0 fully saturated rings. The summed E-state index contributed by atoms with van der Waals surface area (Å²) >= 11 is 3.12. The molecule has 8 heteroatoms. The van der Waals surface area contributed by atoms with E-state index in [1.165, 1.54) is 23.5 Å². The van der Waals surface area contributed by atoms with Crippen molar-refractivity contribution in [3.05, 3.63) is 64.2 Å². The largest absolute Gasteiger partial charge is 0.482 e. The van der Waals surface area contributed by atoms with Crippen LogP contribution >= 0.6 is 23.1 Å². The van der Waals surface area contributed by atoms with Crippen molar-refractivity contribution < 1.29 is 23.0 Å². The summed E-state index contributed by atoms with van der Waals surface area (Å²) in [5, 5.41) is 0.667. The monoisotopic (exact) mass is 449 g/mol. The number of ether oxygens (including phenoxy) is 2.